The van der Waals surface area contributed by atoms with Gasteiger partial charge in [0, 0.05) is 25.1 Å². The van der Waals surface area contributed by atoms with Crippen LogP contribution in [-0.2, 0) is 13.0 Å². The van der Waals surface area contributed by atoms with Crippen LogP contribution in [0.5, 0.6) is 0 Å². The van der Waals surface area contributed by atoms with Gasteiger partial charge in [-0.2, -0.15) is 13.2 Å². The maximum atomic E-state index is 12.6. The van der Waals surface area contributed by atoms with E-state index in [-0.39, 0.29) is 13.0 Å². The molecule has 3 rings (SSSR count). The second-order valence-electron chi connectivity index (χ2n) is 4.79. The molecule has 0 amide bonds. The van der Waals surface area contributed by atoms with E-state index in [4.69, 9.17) is 0 Å². The molecule has 0 bridgehead atoms. The number of halogens is 3. The number of fused-ring (bicyclic) bond motifs is 1. The topological polar surface area (TPSA) is 17.8 Å². The maximum absolute atomic E-state index is 12.6. The van der Waals surface area contributed by atoms with Crippen molar-refractivity contribution < 1.29 is 13.2 Å². The van der Waals surface area contributed by atoms with Crippen molar-refractivity contribution >= 4 is 0 Å². The first-order valence-electron chi connectivity index (χ1n) is 5.66. The molecule has 0 saturated heterocycles. The third-order valence-corrected chi connectivity index (χ3v) is 3.47. The van der Waals surface area contributed by atoms with E-state index in [0.717, 1.165) is 24.4 Å². The molecule has 0 radical (unpaired) electrons. The fourth-order valence-corrected chi connectivity index (χ4v) is 2.31. The summed E-state index contributed by atoms with van der Waals surface area (Å²) in [7, 11) is 0. The molecule has 2 nitrogen and oxygen atoms in total. The lowest BCUT2D eigenvalue weighted by Crippen LogP contribution is -2.31. The molecule has 1 aromatic rings. The monoisotopic (exact) mass is 230 g/mol. The molecule has 1 aliphatic carbocycles. The molecule has 88 valence electrons. The van der Waals surface area contributed by atoms with Crippen molar-refractivity contribution in [2.75, 3.05) is 0 Å². The van der Waals surface area contributed by atoms with Crippen molar-refractivity contribution in [1.82, 2.24) is 9.55 Å². The van der Waals surface area contributed by atoms with E-state index in [1.54, 1.807) is 4.57 Å². The van der Waals surface area contributed by atoms with Crippen LogP contribution >= 0.6 is 0 Å². The molecular weight excluding hydrogens is 217 g/mol. The molecule has 1 aromatic heterocycles. The van der Waals surface area contributed by atoms with Crippen LogP contribution in [0, 0.1) is 5.92 Å². The molecule has 1 fully saturated rings. The fourth-order valence-electron chi connectivity index (χ4n) is 2.31. The van der Waals surface area contributed by atoms with Gasteiger partial charge in [-0.25, -0.2) is 4.98 Å². The molecule has 1 aliphatic heterocycles. The van der Waals surface area contributed by atoms with Gasteiger partial charge in [0.1, 0.15) is 5.82 Å². The van der Waals surface area contributed by atoms with Crippen LogP contribution in [0.15, 0.2) is 6.20 Å². The molecule has 1 saturated carbocycles. The number of hydrogen-bond donors (Lipinski definition) is 0. The van der Waals surface area contributed by atoms with E-state index in [1.807, 2.05) is 6.20 Å². The third-order valence-electron chi connectivity index (χ3n) is 3.47. The molecule has 0 N–H and O–H groups in total. The van der Waals surface area contributed by atoms with Crippen LogP contribution < -0.4 is 0 Å². The highest BCUT2D eigenvalue weighted by Crippen LogP contribution is 2.41. The lowest BCUT2D eigenvalue weighted by Gasteiger charge is -2.25. The minimum Gasteiger partial charge on any atom is -0.334 e. The Hall–Kier alpha value is -1.00. The molecule has 16 heavy (non-hydrogen) atoms. The van der Waals surface area contributed by atoms with Gasteiger partial charge in [-0.3, -0.25) is 0 Å². The average molecular weight is 230 g/mol. The largest absolute Gasteiger partial charge is 0.393 e. The zero-order valence-electron chi connectivity index (χ0n) is 8.80. The summed E-state index contributed by atoms with van der Waals surface area (Å²) in [6.07, 6.45) is 0.673. The van der Waals surface area contributed by atoms with Crippen molar-refractivity contribution in [1.29, 1.82) is 0 Å². The predicted molar refractivity (Wildman–Crippen MR) is 52.1 cm³/mol. The van der Waals surface area contributed by atoms with E-state index in [0.29, 0.717) is 12.3 Å². The van der Waals surface area contributed by atoms with Gasteiger partial charge in [0.15, 0.2) is 0 Å². The SMILES string of the molecule is FC(F)(F)[C@H]1CCc2nc(C3CC3)cn2C1. The summed E-state index contributed by atoms with van der Waals surface area (Å²) in [5, 5.41) is 0. The lowest BCUT2D eigenvalue weighted by atomic mass is 9.99. The summed E-state index contributed by atoms with van der Waals surface area (Å²) >= 11 is 0. The summed E-state index contributed by atoms with van der Waals surface area (Å²) in [6.45, 7) is 0.0541. The number of imidazole rings is 1. The first kappa shape index (κ1) is 10.2. The van der Waals surface area contributed by atoms with Crippen LogP contribution in [0.4, 0.5) is 13.2 Å². The standard InChI is InChI=1S/C11H13F3N2/c12-11(13,14)8-3-4-10-15-9(7-1-2-7)6-16(10)5-8/h6-8H,1-5H2/t8-/m0/s1. The Morgan fingerprint density at radius 2 is 2.00 bits per heavy atom. The van der Waals surface area contributed by atoms with Gasteiger partial charge in [-0.05, 0) is 19.3 Å². The van der Waals surface area contributed by atoms with Gasteiger partial charge >= 0.3 is 6.18 Å². The number of rotatable bonds is 1. The fraction of sp³-hybridized carbons (Fsp3) is 0.727. The minimum atomic E-state index is -4.07. The third kappa shape index (κ3) is 1.72. The summed E-state index contributed by atoms with van der Waals surface area (Å²) in [5.41, 5.74) is 0.998. The normalized spacial score (nSPS) is 25.6. The first-order valence-corrected chi connectivity index (χ1v) is 5.66. The van der Waals surface area contributed by atoms with E-state index >= 15 is 0 Å². The maximum Gasteiger partial charge on any atom is 0.393 e. The molecule has 0 spiro atoms. The van der Waals surface area contributed by atoms with E-state index in [2.05, 4.69) is 4.98 Å². The second-order valence-corrected chi connectivity index (χ2v) is 4.79. The van der Waals surface area contributed by atoms with Gasteiger partial charge in [0.05, 0.1) is 11.6 Å². The Morgan fingerprint density at radius 3 is 2.62 bits per heavy atom. The van der Waals surface area contributed by atoms with Crippen molar-refractivity contribution in [2.24, 2.45) is 5.92 Å². The number of nitrogens with zero attached hydrogens (tertiary/aromatic N) is 2. The summed E-state index contributed by atoms with van der Waals surface area (Å²) in [6, 6.07) is 0. The van der Waals surface area contributed by atoms with Crippen LogP contribution in [0.1, 0.15) is 36.7 Å². The Bertz CT molecular complexity index is 404. The molecule has 5 heteroatoms. The average Bonchev–Trinajstić information content (AvgIpc) is 2.96. The zero-order chi connectivity index (χ0) is 11.3. The highest BCUT2D eigenvalue weighted by Gasteiger charge is 2.42. The van der Waals surface area contributed by atoms with Crippen LogP contribution in [-0.4, -0.2) is 15.7 Å². The van der Waals surface area contributed by atoms with Gasteiger partial charge in [0.2, 0.25) is 0 Å². The number of hydrogen-bond acceptors (Lipinski definition) is 1. The summed E-state index contributed by atoms with van der Waals surface area (Å²) < 4.78 is 39.4. The predicted octanol–water partition coefficient (Wildman–Crippen LogP) is 2.89. The Balaban J connectivity index is 1.82. The van der Waals surface area contributed by atoms with Crippen molar-refractivity contribution in [3.63, 3.8) is 0 Å². The number of aromatic nitrogens is 2. The number of aryl methyl sites for hydroxylation is 1. The lowest BCUT2D eigenvalue weighted by molar-refractivity contribution is -0.182. The van der Waals surface area contributed by atoms with Crippen molar-refractivity contribution in [3.8, 4) is 0 Å². The number of alkyl halides is 3. The Morgan fingerprint density at radius 1 is 1.25 bits per heavy atom. The van der Waals surface area contributed by atoms with E-state index < -0.39 is 12.1 Å². The Labute approximate surface area is 91.5 Å². The summed E-state index contributed by atoms with van der Waals surface area (Å²) in [5.74, 6) is 0.158. The molecule has 0 unspecified atom stereocenters. The van der Waals surface area contributed by atoms with Crippen LogP contribution in [0.3, 0.4) is 0 Å². The smallest absolute Gasteiger partial charge is 0.334 e. The quantitative estimate of drug-likeness (QED) is 0.725. The van der Waals surface area contributed by atoms with Crippen LogP contribution in [0.25, 0.3) is 0 Å². The second kappa shape index (κ2) is 3.25. The zero-order valence-corrected chi connectivity index (χ0v) is 8.80. The van der Waals surface area contributed by atoms with Gasteiger partial charge in [-0.1, -0.05) is 0 Å². The van der Waals surface area contributed by atoms with Gasteiger partial charge < -0.3 is 4.57 Å². The van der Waals surface area contributed by atoms with Crippen molar-refractivity contribution in [3.05, 3.63) is 17.7 Å². The minimum absolute atomic E-state index is 0.0541. The molecular formula is C11H13F3N2. The molecule has 0 aromatic carbocycles. The van der Waals surface area contributed by atoms with Crippen molar-refractivity contribution in [2.45, 2.75) is 44.3 Å². The first-order chi connectivity index (χ1) is 7.54. The molecule has 2 aliphatic rings. The Kier molecular flexibility index (Phi) is 2.06. The highest BCUT2D eigenvalue weighted by atomic mass is 19.4. The summed E-state index contributed by atoms with van der Waals surface area (Å²) in [4.78, 5) is 4.42. The molecule has 2 heterocycles. The van der Waals surface area contributed by atoms with E-state index in [9.17, 15) is 13.2 Å². The van der Waals surface area contributed by atoms with E-state index in [1.165, 1.54) is 0 Å². The van der Waals surface area contributed by atoms with Gasteiger partial charge in [-0.15, -0.1) is 0 Å². The molecule has 1 atom stereocenters. The highest BCUT2D eigenvalue weighted by molar-refractivity contribution is 5.16. The van der Waals surface area contributed by atoms with Gasteiger partial charge in [0.25, 0.3) is 0 Å². The van der Waals surface area contributed by atoms with Crippen LogP contribution in [0.2, 0.25) is 0 Å².